The predicted octanol–water partition coefficient (Wildman–Crippen LogP) is 10.7. The van der Waals surface area contributed by atoms with Crippen molar-refractivity contribution in [2.24, 2.45) is 0 Å². The molecule has 200 valence electrons. The minimum Gasteiger partial charge on any atom is -0.208 e. The summed E-state index contributed by atoms with van der Waals surface area (Å²) in [5.41, 5.74) is 2.95. The fourth-order valence-corrected chi connectivity index (χ4v) is 7.41. The zero-order valence-corrected chi connectivity index (χ0v) is 23.8. The van der Waals surface area contributed by atoms with E-state index in [1.165, 1.54) is 41.7 Å². The maximum absolute atomic E-state index is 5.16. The summed E-state index contributed by atoms with van der Waals surface area (Å²) < 4.78 is 2.51. The Morgan fingerprint density at radius 2 is 1.02 bits per heavy atom. The summed E-state index contributed by atoms with van der Waals surface area (Å²) in [5, 5.41) is 9.76. The molecule has 9 aromatic rings. The molecule has 0 aliphatic rings. The van der Waals surface area contributed by atoms with E-state index in [-0.39, 0.29) is 0 Å². The molecule has 4 heteroatoms. The summed E-state index contributed by atoms with van der Waals surface area (Å²) in [5.74, 6) is 2.01. The van der Waals surface area contributed by atoms with Crippen LogP contribution in [-0.4, -0.2) is 15.0 Å². The van der Waals surface area contributed by atoms with E-state index in [1.807, 2.05) is 18.2 Å². The number of fused-ring (bicyclic) bond motifs is 8. The van der Waals surface area contributed by atoms with Crippen LogP contribution in [0.3, 0.4) is 0 Å². The molecule has 0 aliphatic heterocycles. The Kier molecular flexibility index (Phi) is 5.37. The second-order valence-electron chi connectivity index (χ2n) is 10.8. The third kappa shape index (κ3) is 3.92. The number of aromatic nitrogens is 3. The Bertz CT molecular complexity index is 2510. The van der Waals surface area contributed by atoms with Crippen LogP contribution in [0.25, 0.3) is 86.7 Å². The lowest BCUT2D eigenvalue weighted by molar-refractivity contribution is 1.08. The number of hydrogen-bond acceptors (Lipinski definition) is 4. The van der Waals surface area contributed by atoms with Crippen molar-refractivity contribution in [1.82, 2.24) is 15.0 Å². The molecule has 0 atom stereocenters. The van der Waals surface area contributed by atoms with Gasteiger partial charge in [-0.25, -0.2) is 15.0 Å². The minimum atomic E-state index is 0.666. The van der Waals surface area contributed by atoms with Gasteiger partial charge in [0.2, 0.25) is 0 Å². The molecule has 9 rings (SSSR count). The molecule has 43 heavy (non-hydrogen) atoms. The molecule has 0 saturated carbocycles. The molecule has 7 aromatic carbocycles. The summed E-state index contributed by atoms with van der Waals surface area (Å²) in [4.78, 5) is 15.3. The second-order valence-corrected chi connectivity index (χ2v) is 11.9. The van der Waals surface area contributed by atoms with Crippen molar-refractivity contribution in [2.75, 3.05) is 0 Å². The van der Waals surface area contributed by atoms with Crippen molar-refractivity contribution in [3.8, 4) is 34.2 Å². The zero-order chi connectivity index (χ0) is 28.3. The van der Waals surface area contributed by atoms with Crippen LogP contribution >= 0.6 is 11.3 Å². The highest BCUT2D eigenvalue weighted by molar-refractivity contribution is 7.25. The first-order valence-electron chi connectivity index (χ1n) is 14.4. The Hall–Kier alpha value is -5.45. The van der Waals surface area contributed by atoms with Crippen molar-refractivity contribution >= 4 is 63.8 Å². The SMILES string of the molecule is c1ccc(-c2nc(-c3ccc4c(c3)sc3ccccc34)nc(-c3cccc4ccc5c6ccccc6ccc5c34)n2)cc1. The average Bonchev–Trinajstić information content (AvgIpc) is 3.46. The first-order chi connectivity index (χ1) is 21.3. The lowest BCUT2D eigenvalue weighted by Crippen LogP contribution is -2.00. The van der Waals surface area contributed by atoms with Crippen molar-refractivity contribution < 1.29 is 0 Å². The van der Waals surface area contributed by atoms with Gasteiger partial charge in [0.25, 0.3) is 0 Å². The smallest absolute Gasteiger partial charge is 0.164 e. The van der Waals surface area contributed by atoms with E-state index in [2.05, 4.69) is 121 Å². The normalized spacial score (nSPS) is 11.7. The largest absolute Gasteiger partial charge is 0.208 e. The van der Waals surface area contributed by atoms with Gasteiger partial charge in [-0.05, 0) is 39.1 Å². The van der Waals surface area contributed by atoms with Crippen molar-refractivity contribution in [3.63, 3.8) is 0 Å². The maximum atomic E-state index is 5.16. The van der Waals surface area contributed by atoms with Crippen LogP contribution in [0, 0.1) is 0 Å². The lowest BCUT2D eigenvalue weighted by Gasteiger charge is -2.13. The monoisotopic (exact) mass is 565 g/mol. The second kappa shape index (κ2) is 9.55. The molecular formula is C39H23N3S. The van der Waals surface area contributed by atoms with E-state index in [4.69, 9.17) is 15.0 Å². The molecule has 2 heterocycles. The first-order valence-corrected chi connectivity index (χ1v) is 15.2. The average molecular weight is 566 g/mol. The van der Waals surface area contributed by atoms with Gasteiger partial charge in [0, 0.05) is 42.2 Å². The molecule has 0 unspecified atom stereocenters. The Morgan fingerprint density at radius 3 is 1.93 bits per heavy atom. The van der Waals surface area contributed by atoms with E-state index in [1.54, 1.807) is 11.3 Å². The van der Waals surface area contributed by atoms with E-state index >= 15 is 0 Å². The standard InChI is InChI=1S/C39H23N3S/c1-2-10-26(11-3-1)37-40-38(27-19-21-31-30-14-6-7-16-34(30)43-35(31)23-27)42-39(41-37)33-15-8-12-25-18-20-29-28-13-5-4-9-24(28)17-22-32(29)36(25)33/h1-23H. The van der Waals surface area contributed by atoms with Gasteiger partial charge in [0.1, 0.15) is 0 Å². The number of benzene rings is 7. The Balaban J connectivity index is 1.32. The van der Waals surface area contributed by atoms with Gasteiger partial charge in [-0.3, -0.25) is 0 Å². The van der Waals surface area contributed by atoms with Gasteiger partial charge in [-0.2, -0.15) is 0 Å². The molecule has 0 bridgehead atoms. The van der Waals surface area contributed by atoms with Gasteiger partial charge in [-0.15, -0.1) is 11.3 Å². The van der Waals surface area contributed by atoms with E-state index in [9.17, 15) is 0 Å². The fraction of sp³-hybridized carbons (Fsp3) is 0. The third-order valence-corrected chi connectivity index (χ3v) is 9.45. The molecule has 0 aliphatic carbocycles. The van der Waals surface area contributed by atoms with Crippen LogP contribution in [0.1, 0.15) is 0 Å². The summed E-state index contributed by atoms with van der Waals surface area (Å²) in [6, 6.07) is 49.2. The third-order valence-electron chi connectivity index (χ3n) is 8.31. The van der Waals surface area contributed by atoms with Gasteiger partial charge in [0.05, 0.1) is 0 Å². The van der Waals surface area contributed by atoms with Crippen molar-refractivity contribution in [2.45, 2.75) is 0 Å². The van der Waals surface area contributed by atoms with Gasteiger partial charge < -0.3 is 0 Å². The fourth-order valence-electron chi connectivity index (χ4n) is 6.27. The Labute approximate surface area is 251 Å². The van der Waals surface area contributed by atoms with Crippen LogP contribution < -0.4 is 0 Å². The highest BCUT2D eigenvalue weighted by Crippen LogP contribution is 2.39. The van der Waals surface area contributed by atoms with Crippen LogP contribution in [0.2, 0.25) is 0 Å². The molecule has 0 radical (unpaired) electrons. The summed E-state index contributed by atoms with van der Waals surface area (Å²) >= 11 is 1.80. The number of hydrogen-bond donors (Lipinski definition) is 0. The molecule has 0 spiro atoms. The quantitative estimate of drug-likeness (QED) is 0.200. The molecular weight excluding hydrogens is 543 g/mol. The summed E-state index contributed by atoms with van der Waals surface area (Å²) in [6.45, 7) is 0. The highest BCUT2D eigenvalue weighted by Gasteiger charge is 2.17. The summed E-state index contributed by atoms with van der Waals surface area (Å²) in [6.07, 6.45) is 0. The number of thiophene rings is 1. The summed E-state index contributed by atoms with van der Waals surface area (Å²) in [7, 11) is 0. The van der Waals surface area contributed by atoms with Crippen molar-refractivity contribution in [1.29, 1.82) is 0 Å². The zero-order valence-electron chi connectivity index (χ0n) is 23.0. The molecule has 0 N–H and O–H groups in total. The predicted molar refractivity (Wildman–Crippen MR) is 182 cm³/mol. The topological polar surface area (TPSA) is 38.7 Å². The van der Waals surface area contributed by atoms with E-state index in [0.29, 0.717) is 17.5 Å². The lowest BCUT2D eigenvalue weighted by atomic mass is 9.94. The molecule has 0 fully saturated rings. The van der Waals surface area contributed by atoms with Gasteiger partial charge >= 0.3 is 0 Å². The van der Waals surface area contributed by atoms with Crippen molar-refractivity contribution in [3.05, 3.63) is 140 Å². The number of nitrogens with zero attached hydrogens (tertiary/aromatic N) is 3. The first kappa shape index (κ1) is 24.2. The van der Waals surface area contributed by atoms with Crippen LogP contribution in [0.5, 0.6) is 0 Å². The number of rotatable bonds is 3. The molecule has 3 nitrogen and oxygen atoms in total. The molecule has 0 saturated heterocycles. The minimum absolute atomic E-state index is 0.666. The van der Waals surface area contributed by atoms with Crippen LogP contribution in [0.4, 0.5) is 0 Å². The highest BCUT2D eigenvalue weighted by atomic mass is 32.1. The maximum Gasteiger partial charge on any atom is 0.164 e. The van der Waals surface area contributed by atoms with E-state index in [0.717, 1.165) is 27.5 Å². The van der Waals surface area contributed by atoms with Crippen LogP contribution in [-0.2, 0) is 0 Å². The Morgan fingerprint density at radius 1 is 0.372 bits per heavy atom. The van der Waals surface area contributed by atoms with Gasteiger partial charge in [0.15, 0.2) is 17.5 Å². The van der Waals surface area contributed by atoms with E-state index < -0.39 is 0 Å². The van der Waals surface area contributed by atoms with Gasteiger partial charge in [-0.1, -0.05) is 127 Å². The molecule has 2 aromatic heterocycles. The van der Waals surface area contributed by atoms with Crippen LogP contribution in [0.15, 0.2) is 140 Å². The molecule has 0 amide bonds.